The molecule has 0 saturated heterocycles. The lowest BCUT2D eigenvalue weighted by Gasteiger charge is -1.96. The average molecular weight is 135 g/mol. The summed E-state index contributed by atoms with van der Waals surface area (Å²) < 4.78 is 0. The second-order valence-corrected chi connectivity index (χ2v) is 2.31. The third-order valence-electron chi connectivity index (χ3n) is 1.51. The molecule has 0 atom stereocenters. The lowest BCUT2D eigenvalue weighted by atomic mass is 10.2. The van der Waals surface area contributed by atoms with E-state index >= 15 is 0 Å². The molecular weight excluding hydrogens is 126 g/mol. The van der Waals surface area contributed by atoms with E-state index in [4.69, 9.17) is 0 Å². The van der Waals surface area contributed by atoms with E-state index in [9.17, 15) is 4.79 Å². The van der Waals surface area contributed by atoms with Crippen molar-refractivity contribution in [3.63, 3.8) is 0 Å². The van der Waals surface area contributed by atoms with Crippen LogP contribution in [0.25, 0.3) is 0 Å². The van der Waals surface area contributed by atoms with Crippen molar-refractivity contribution in [2.75, 3.05) is 0 Å². The van der Waals surface area contributed by atoms with Gasteiger partial charge in [-0.15, -0.1) is 0 Å². The zero-order valence-corrected chi connectivity index (χ0v) is 6.09. The Bertz CT molecular complexity index is 255. The summed E-state index contributed by atoms with van der Waals surface area (Å²) in [5.41, 5.74) is 2.73. The first kappa shape index (κ1) is 6.93. The van der Waals surface area contributed by atoms with Gasteiger partial charge in [-0.25, -0.2) is 0 Å². The molecule has 2 heteroatoms. The number of aryl methyl sites for hydroxylation is 2. The smallest absolute Gasteiger partial charge is 0.168 e. The quantitative estimate of drug-likeness (QED) is 0.546. The van der Waals surface area contributed by atoms with Gasteiger partial charge in [0.15, 0.2) is 6.29 Å². The molecular formula is C8H9NO. The molecule has 1 aromatic heterocycles. The van der Waals surface area contributed by atoms with Crippen molar-refractivity contribution in [1.82, 2.24) is 4.98 Å². The minimum absolute atomic E-state index is 0.503. The molecule has 0 fully saturated rings. The van der Waals surface area contributed by atoms with E-state index in [-0.39, 0.29) is 0 Å². The third-order valence-corrected chi connectivity index (χ3v) is 1.51. The fourth-order valence-electron chi connectivity index (χ4n) is 0.711. The van der Waals surface area contributed by atoms with Crippen LogP contribution in [0.5, 0.6) is 0 Å². The van der Waals surface area contributed by atoms with Gasteiger partial charge in [-0.1, -0.05) is 0 Å². The normalized spacial score (nSPS) is 9.40. The predicted octanol–water partition coefficient (Wildman–Crippen LogP) is 1.51. The fraction of sp³-hybridized carbons (Fsp3) is 0.250. The third kappa shape index (κ3) is 1.21. The molecule has 10 heavy (non-hydrogen) atoms. The summed E-state index contributed by atoms with van der Waals surface area (Å²) in [5.74, 6) is 0. The molecule has 0 aliphatic carbocycles. The number of nitrogens with zero attached hydrogens (tertiary/aromatic N) is 1. The summed E-state index contributed by atoms with van der Waals surface area (Å²) in [4.78, 5) is 14.1. The minimum Gasteiger partial charge on any atom is -0.296 e. The number of rotatable bonds is 1. The first-order valence-electron chi connectivity index (χ1n) is 3.12. The molecule has 0 aliphatic heterocycles. The van der Waals surface area contributed by atoms with Gasteiger partial charge in [0.2, 0.25) is 0 Å². The maximum absolute atomic E-state index is 10.2. The Balaban J connectivity index is 3.16. The van der Waals surface area contributed by atoms with Gasteiger partial charge in [-0.05, 0) is 31.0 Å². The van der Waals surface area contributed by atoms with Gasteiger partial charge in [0.25, 0.3) is 0 Å². The highest BCUT2D eigenvalue weighted by atomic mass is 16.1. The van der Waals surface area contributed by atoms with Crippen LogP contribution in [-0.2, 0) is 0 Å². The molecule has 2 nitrogen and oxygen atoms in total. The molecule has 0 unspecified atom stereocenters. The second-order valence-electron chi connectivity index (χ2n) is 2.31. The molecule has 0 spiro atoms. The van der Waals surface area contributed by atoms with Crippen LogP contribution < -0.4 is 0 Å². The van der Waals surface area contributed by atoms with Gasteiger partial charge in [0, 0.05) is 6.20 Å². The highest BCUT2D eigenvalue weighted by Gasteiger charge is 1.94. The molecule has 52 valence electrons. The van der Waals surface area contributed by atoms with Gasteiger partial charge in [-0.3, -0.25) is 9.78 Å². The number of carbonyl (C=O) groups excluding carboxylic acids is 1. The van der Waals surface area contributed by atoms with E-state index in [0.29, 0.717) is 5.69 Å². The van der Waals surface area contributed by atoms with Gasteiger partial charge in [-0.2, -0.15) is 0 Å². The van der Waals surface area contributed by atoms with Crippen LogP contribution in [0.2, 0.25) is 0 Å². The lowest BCUT2D eigenvalue weighted by molar-refractivity contribution is 0.111. The Morgan fingerprint density at radius 2 is 2.10 bits per heavy atom. The number of carbonyl (C=O) groups is 1. The molecule has 1 heterocycles. The number of hydrogen-bond acceptors (Lipinski definition) is 2. The largest absolute Gasteiger partial charge is 0.296 e. The van der Waals surface area contributed by atoms with E-state index in [2.05, 4.69) is 4.98 Å². The summed E-state index contributed by atoms with van der Waals surface area (Å²) in [7, 11) is 0. The number of pyridine rings is 1. The SMILES string of the molecule is Cc1cnc(C=O)cc1C. The van der Waals surface area contributed by atoms with Crippen molar-refractivity contribution in [2.45, 2.75) is 13.8 Å². The number of aldehydes is 1. The van der Waals surface area contributed by atoms with Crippen LogP contribution in [0.15, 0.2) is 12.3 Å². The van der Waals surface area contributed by atoms with Crippen molar-refractivity contribution in [1.29, 1.82) is 0 Å². The van der Waals surface area contributed by atoms with Crippen LogP contribution in [0.4, 0.5) is 0 Å². The molecule has 0 saturated carbocycles. The van der Waals surface area contributed by atoms with Crippen LogP contribution in [0, 0.1) is 13.8 Å². The lowest BCUT2D eigenvalue weighted by Crippen LogP contribution is -1.89. The van der Waals surface area contributed by atoms with E-state index in [1.807, 2.05) is 13.8 Å². The Morgan fingerprint density at radius 3 is 2.60 bits per heavy atom. The van der Waals surface area contributed by atoms with Gasteiger partial charge >= 0.3 is 0 Å². The monoisotopic (exact) mass is 135 g/mol. The fourth-order valence-corrected chi connectivity index (χ4v) is 0.711. The molecule has 0 bridgehead atoms. The molecule has 0 radical (unpaired) electrons. The Hall–Kier alpha value is -1.18. The summed E-state index contributed by atoms with van der Waals surface area (Å²) in [6.07, 6.45) is 2.46. The Kier molecular flexibility index (Phi) is 1.81. The summed E-state index contributed by atoms with van der Waals surface area (Å²) in [5, 5.41) is 0. The van der Waals surface area contributed by atoms with Crippen molar-refractivity contribution in [3.05, 3.63) is 29.1 Å². The van der Waals surface area contributed by atoms with Crippen molar-refractivity contribution in [3.8, 4) is 0 Å². The molecule has 0 N–H and O–H groups in total. The highest BCUT2D eigenvalue weighted by Crippen LogP contribution is 2.04. The zero-order valence-electron chi connectivity index (χ0n) is 6.09. The molecule has 0 aliphatic rings. The van der Waals surface area contributed by atoms with Gasteiger partial charge < -0.3 is 0 Å². The molecule has 0 amide bonds. The van der Waals surface area contributed by atoms with Crippen molar-refractivity contribution in [2.24, 2.45) is 0 Å². The Morgan fingerprint density at radius 1 is 1.40 bits per heavy atom. The first-order valence-corrected chi connectivity index (χ1v) is 3.12. The van der Waals surface area contributed by atoms with Gasteiger partial charge in [0.1, 0.15) is 5.69 Å². The van der Waals surface area contributed by atoms with Gasteiger partial charge in [0.05, 0.1) is 0 Å². The van der Waals surface area contributed by atoms with Crippen LogP contribution in [0.1, 0.15) is 21.6 Å². The number of hydrogen-bond donors (Lipinski definition) is 0. The Labute approximate surface area is 59.9 Å². The topological polar surface area (TPSA) is 30.0 Å². The summed E-state index contributed by atoms with van der Waals surface area (Å²) >= 11 is 0. The molecule has 1 aromatic rings. The second kappa shape index (κ2) is 2.60. The first-order chi connectivity index (χ1) is 4.74. The summed E-state index contributed by atoms with van der Waals surface area (Å²) in [6.45, 7) is 3.93. The maximum Gasteiger partial charge on any atom is 0.168 e. The van der Waals surface area contributed by atoms with Crippen LogP contribution in [-0.4, -0.2) is 11.3 Å². The van der Waals surface area contributed by atoms with Crippen LogP contribution >= 0.6 is 0 Å². The van der Waals surface area contributed by atoms with Crippen molar-refractivity contribution < 1.29 is 4.79 Å². The van der Waals surface area contributed by atoms with E-state index < -0.39 is 0 Å². The standard InChI is InChI=1S/C8H9NO/c1-6-3-8(5-10)9-4-7(6)2/h3-5H,1-2H3. The highest BCUT2D eigenvalue weighted by molar-refractivity contribution is 5.71. The van der Waals surface area contributed by atoms with E-state index in [0.717, 1.165) is 17.4 Å². The van der Waals surface area contributed by atoms with E-state index in [1.165, 1.54) is 0 Å². The number of aromatic nitrogens is 1. The maximum atomic E-state index is 10.2. The average Bonchev–Trinajstić information content (AvgIpc) is 1.95. The summed E-state index contributed by atoms with van der Waals surface area (Å²) in [6, 6.07) is 1.78. The van der Waals surface area contributed by atoms with Crippen LogP contribution in [0.3, 0.4) is 0 Å². The predicted molar refractivity (Wildman–Crippen MR) is 39.1 cm³/mol. The zero-order chi connectivity index (χ0) is 7.56. The van der Waals surface area contributed by atoms with E-state index in [1.54, 1.807) is 12.3 Å². The van der Waals surface area contributed by atoms with Crippen molar-refractivity contribution >= 4 is 6.29 Å². The minimum atomic E-state index is 0.503. The molecule has 0 aromatic carbocycles. The molecule has 1 rings (SSSR count).